The summed E-state index contributed by atoms with van der Waals surface area (Å²) < 4.78 is 5.06. The number of aromatic nitrogens is 2. The summed E-state index contributed by atoms with van der Waals surface area (Å²) in [6.07, 6.45) is 3.50. The van der Waals surface area contributed by atoms with Gasteiger partial charge in [0.25, 0.3) is 0 Å². The van der Waals surface area contributed by atoms with Crippen molar-refractivity contribution >= 4 is 28.8 Å². The fourth-order valence-electron chi connectivity index (χ4n) is 2.55. The van der Waals surface area contributed by atoms with E-state index in [1.54, 1.807) is 13.2 Å². The van der Waals surface area contributed by atoms with Crippen molar-refractivity contribution in [3.05, 3.63) is 38.9 Å². The second-order valence-electron chi connectivity index (χ2n) is 4.81. The lowest BCUT2D eigenvalue weighted by Crippen LogP contribution is -2.17. The van der Waals surface area contributed by atoms with Gasteiger partial charge in [0.1, 0.15) is 17.6 Å². The molecule has 0 amide bonds. The van der Waals surface area contributed by atoms with Gasteiger partial charge in [-0.05, 0) is 36.3 Å². The average molecular weight is 310 g/mol. The Morgan fingerprint density at radius 1 is 1.50 bits per heavy atom. The van der Waals surface area contributed by atoms with E-state index in [4.69, 9.17) is 16.3 Å². The highest BCUT2D eigenvalue weighted by Crippen LogP contribution is 2.35. The summed E-state index contributed by atoms with van der Waals surface area (Å²) in [7, 11) is 1.62. The lowest BCUT2D eigenvalue weighted by molar-refractivity contribution is 0.178. The van der Waals surface area contributed by atoms with Crippen molar-refractivity contribution in [1.82, 2.24) is 9.97 Å². The Bertz CT molecular complexity index is 602. The molecule has 0 aliphatic heterocycles. The number of nitrogens with zero attached hydrogens (tertiary/aromatic N) is 2. The molecule has 1 aliphatic rings. The summed E-state index contributed by atoms with van der Waals surface area (Å²) in [5.41, 5.74) is 1.39. The zero-order chi connectivity index (χ0) is 13.9. The molecular formula is C14H16ClN3OS. The first-order valence-corrected chi connectivity index (χ1v) is 7.87. The van der Waals surface area contributed by atoms with Crippen molar-refractivity contribution in [3.8, 4) is 0 Å². The van der Waals surface area contributed by atoms with Gasteiger partial charge in [0.2, 0.25) is 0 Å². The van der Waals surface area contributed by atoms with Crippen LogP contribution in [0.15, 0.2) is 17.5 Å². The van der Waals surface area contributed by atoms with E-state index in [9.17, 15) is 0 Å². The Morgan fingerprint density at radius 3 is 3.25 bits per heavy atom. The molecule has 3 rings (SSSR count). The summed E-state index contributed by atoms with van der Waals surface area (Å²) in [6, 6.07) is 4.28. The molecule has 2 aromatic rings. The molecule has 6 heteroatoms. The summed E-state index contributed by atoms with van der Waals surface area (Å²) in [6.45, 7) is 0.365. The molecule has 2 heterocycles. The maximum absolute atomic E-state index is 6.04. The van der Waals surface area contributed by atoms with E-state index in [0.717, 1.165) is 12.2 Å². The highest BCUT2D eigenvalue weighted by molar-refractivity contribution is 7.10. The standard InChI is InChI=1S/C14H16ClN3OS/c1-19-8-14-17-12(15)7-13(18-14)16-10-3-2-4-11-9(10)5-6-20-11/h5-7,10H,2-4,8H2,1H3,(H,16,17,18). The maximum Gasteiger partial charge on any atom is 0.158 e. The van der Waals surface area contributed by atoms with Gasteiger partial charge in [-0.3, -0.25) is 0 Å². The quantitative estimate of drug-likeness (QED) is 0.872. The first-order valence-electron chi connectivity index (χ1n) is 6.61. The number of halogens is 1. The zero-order valence-electron chi connectivity index (χ0n) is 11.2. The van der Waals surface area contributed by atoms with E-state index in [0.29, 0.717) is 23.6 Å². The molecular weight excluding hydrogens is 294 g/mol. The van der Waals surface area contributed by atoms with Crippen LogP contribution in [0.3, 0.4) is 0 Å². The third-order valence-corrected chi connectivity index (χ3v) is 4.58. The Hall–Kier alpha value is -1.17. The Kier molecular flexibility index (Phi) is 4.19. The normalized spacial score (nSPS) is 17.8. The highest BCUT2D eigenvalue weighted by Gasteiger charge is 2.21. The molecule has 0 fully saturated rings. The smallest absolute Gasteiger partial charge is 0.158 e. The molecule has 20 heavy (non-hydrogen) atoms. The van der Waals surface area contributed by atoms with Crippen LogP contribution in [0.2, 0.25) is 5.15 Å². The first-order chi connectivity index (χ1) is 9.76. The molecule has 1 atom stereocenters. The van der Waals surface area contributed by atoms with Gasteiger partial charge < -0.3 is 10.1 Å². The van der Waals surface area contributed by atoms with Gasteiger partial charge in [0.15, 0.2) is 5.82 Å². The number of thiophene rings is 1. The average Bonchev–Trinajstić information content (AvgIpc) is 2.88. The van der Waals surface area contributed by atoms with E-state index in [1.165, 1.54) is 23.3 Å². The van der Waals surface area contributed by atoms with Crippen LogP contribution in [-0.2, 0) is 17.8 Å². The fraction of sp³-hybridized carbons (Fsp3) is 0.429. The summed E-state index contributed by atoms with van der Waals surface area (Å²) in [4.78, 5) is 10.1. The first kappa shape index (κ1) is 13.8. The van der Waals surface area contributed by atoms with Gasteiger partial charge in [-0.1, -0.05) is 11.6 Å². The van der Waals surface area contributed by atoms with Crippen LogP contribution in [0, 0.1) is 0 Å². The summed E-state index contributed by atoms with van der Waals surface area (Å²) in [5, 5.41) is 6.08. The molecule has 106 valence electrons. The molecule has 0 saturated carbocycles. The SMILES string of the molecule is COCc1nc(Cl)cc(NC2CCCc3sccc32)n1. The largest absolute Gasteiger partial charge is 0.377 e. The van der Waals surface area contributed by atoms with Gasteiger partial charge in [-0.25, -0.2) is 9.97 Å². The number of hydrogen-bond acceptors (Lipinski definition) is 5. The zero-order valence-corrected chi connectivity index (χ0v) is 12.8. The molecule has 1 unspecified atom stereocenters. The van der Waals surface area contributed by atoms with Gasteiger partial charge in [0, 0.05) is 18.1 Å². The molecule has 0 bridgehead atoms. The van der Waals surface area contributed by atoms with Crippen LogP contribution < -0.4 is 5.32 Å². The molecule has 0 spiro atoms. The molecule has 2 aromatic heterocycles. The minimum absolute atomic E-state index is 0.311. The Balaban J connectivity index is 1.82. The number of ether oxygens (including phenoxy) is 1. The van der Waals surface area contributed by atoms with Gasteiger partial charge in [-0.15, -0.1) is 11.3 Å². The van der Waals surface area contributed by atoms with Crippen LogP contribution in [0.1, 0.15) is 35.1 Å². The lowest BCUT2D eigenvalue weighted by atomic mass is 9.94. The number of anilines is 1. The molecule has 1 aliphatic carbocycles. The molecule has 0 aromatic carbocycles. The number of methoxy groups -OCH3 is 1. The maximum atomic E-state index is 6.04. The van der Waals surface area contributed by atoms with E-state index >= 15 is 0 Å². The molecule has 0 saturated heterocycles. The molecule has 4 nitrogen and oxygen atoms in total. The van der Waals surface area contributed by atoms with Crippen LogP contribution in [0.4, 0.5) is 5.82 Å². The number of aryl methyl sites for hydroxylation is 1. The highest BCUT2D eigenvalue weighted by atomic mass is 35.5. The second kappa shape index (κ2) is 6.08. The third-order valence-electron chi connectivity index (χ3n) is 3.39. The van der Waals surface area contributed by atoms with Crippen LogP contribution in [0.5, 0.6) is 0 Å². The number of hydrogen-bond donors (Lipinski definition) is 1. The predicted octanol–water partition coefficient (Wildman–Crippen LogP) is 3.83. The predicted molar refractivity (Wildman–Crippen MR) is 81.4 cm³/mol. The number of fused-ring (bicyclic) bond motifs is 1. The van der Waals surface area contributed by atoms with Crippen molar-refractivity contribution in [2.45, 2.75) is 31.9 Å². The minimum atomic E-state index is 0.311. The summed E-state index contributed by atoms with van der Waals surface area (Å²) in [5.74, 6) is 1.37. The van der Waals surface area contributed by atoms with E-state index in [2.05, 4.69) is 26.7 Å². The fourth-order valence-corrected chi connectivity index (χ4v) is 3.74. The second-order valence-corrected chi connectivity index (χ2v) is 6.20. The van der Waals surface area contributed by atoms with Crippen molar-refractivity contribution in [2.24, 2.45) is 0 Å². The third kappa shape index (κ3) is 2.95. The number of nitrogens with one attached hydrogen (secondary N) is 1. The van der Waals surface area contributed by atoms with Gasteiger partial charge >= 0.3 is 0 Å². The van der Waals surface area contributed by atoms with E-state index in [1.807, 2.05) is 11.3 Å². The summed E-state index contributed by atoms with van der Waals surface area (Å²) >= 11 is 7.87. The van der Waals surface area contributed by atoms with E-state index in [-0.39, 0.29) is 0 Å². The minimum Gasteiger partial charge on any atom is -0.377 e. The molecule has 1 N–H and O–H groups in total. The monoisotopic (exact) mass is 309 g/mol. The van der Waals surface area contributed by atoms with E-state index < -0.39 is 0 Å². The lowest BCUT2D eigenvalue weighted by Gasteiger charge is -2.24. The Morgan fingerprint density at radius 2 is 2.40 bits per heavy atom. The molecule has 0 radical (unpaired) electrons. The van der Waals surface area contributed by atoms with Crippen molar-refractivity contribution in [3.63, 3.8) is 0 Å². The van der Waals surface area contributed by atoms with Crippen LogP contribution in [0.25, 0.3) is 0 Å². The Labute approximate surface area is 127 Å². The van der Waals surface area contributed by atoms with Crippen LogP contribution >= 0.6 is 22.9 Å². The van der Waals surface area contributed by atoms with Crippen molar-refractivity contribution in [2.75, 3.05) is 12.4 Å². The topological polar surface area (TPSA) is 47.0 Å². The van der Waals surface area contributed by atoms with Crippen molar-refractivity contribution in [1.29, 1.82) is 0 Å². The number of rotatable bonds is 4. The van der Waals surface area contributed by atoms with Gasteiger partial charge in [-0.2, -0.15) is 0 Å². The van der Waals surface area contributed by atoms with Gasteiger partial charge in [0.05, 0.1) is 6.04 Å². The van der Waals surface area contributed by atoms with Crippen LogP contribution in [-0.4, -0.2) is 17.1 Å². The van der Waals surface area contributed by atoms with Crippen molar-refractivity contribution < 1.29 is 4.74 Å².